The lowest BCUT2D eigenvalue weighted by atomic mass is 9.93. The summed E-state index contributed by atoms with van der Waals surface area (Å²) in [6, 6.07) is 31.8. The monoisotopic (exact) mass is 488 g/mol. The van der Waals surface area contributed by atoms with Crippen molar-refractivity contribution in [3.63, 3.8) is 0 Å². The predicted molar refractivity (Wildman–Crippen MR) is 158 cm³/mol. The van der Waals surface area contributed by atoms with E-state index in [4.69, 9.17) is 22.9 Å². The zero-order valence-electron chi connectivity index (χ0n) is 20.9. The number of benzene rings is 4. The van der Waals surface area contributed by atoms with Gasteiger partial charge in [0.05, 0.1) is 0 Å². The molecule has 0 spiro atoms. The molecule has 1 atom stereocenters. The minimum Gasteiger partial charge on any atom is -0.399 e. The quantitative estimate of drug-likeness (QED) is 0.222. The lowest BCUT2D eigenvalue weighted by Gasteiger charge is -2.36. The van der Waals surface area contributed by atoms with E-state index < -0.39 is 0 Å². The van der Waals surface area contributed by atoms with Crippen molar-refractivity contribution in [3.05, 3.63) is 121 Å². The van der Waals surface area contributed by atoms with Crippen molar-refractivity contribution in [3.8, 4) is 0 Å². The van der Waals surface area contributed by atoms with Crippen LogP contribution in [-0.2, 0) is 0 Å². The van der Waals surface area contributed by atoms with Crippen molar-refractivity contribution in [2.24, 2.45) is 5.92 Å². The minimum absolute atomic E-state index is 0.222. The molecule has 37 heavy (non-hydrogen) atoms. The highest BCUT2D eigenvalue weighted by atomic mass is 15.2. The maximum atomic E-state index is 5.99. The summed E-state index contributed by atoms with van der Waals surface area (Å²) < 4.78 is 0. The van der Waals surface area contributed by atoms with Crippen LogP contribution in [0, 0.1) is 5.92 Å². The first-order chi connectivity index (χ1) is 17.9. The highest BCUT2D eigenvalue weighted by molar-refractivity contribution is 5.74. The van der Waals surface area contributed by atoms with E-state index >= 15 is 0 Å². The van der Waals surface area contributed by atoms with Crippen LogP contribution in [0.5, 0.6) is 0 Å². The molecule has 4 aromatic rings. The second-order valence-electron chi connectivity index (χ2n) is 9.39. The van der Waals surface area contributed by atoms with E-state index in [1.807, 2.05) is 97.1 Å². The number of allylic oxidation sites excluding steroid dienone is 4. The van der Waals surface area contributed by atoms with Crippen LogP contribution >= 0.6 is 0 Å². The molecule has 186 valence electrons. The van der Waals surface area contributed by atoms with Gasteiger partial charge in [0.1, 0.15) is 0 Å². The summed E-state index contributed by atoms with van der Waals surface area (Å²) in [6.07, 6.45) is 5.24. The van der Waals surface area contributed by atoms with Crippen LogP contribution in [0.1, 0.15) is 13.3 Å². The molecule has 0 aliphatic heterocycles. The van der Waals surface area contributed by atoms with Crippen LogP contribution in [0.4, 0.5) is 45.5 Å². The van der Waals surface area contributed by atoms with Gasteiger partial charge in [-0.25, -0.2) is 0 Å². The van der Waals surface area contributed by atoms with Crippen molar-refractivity contribution >= 4 is 45.5 Å². The van der Waals surface area contributed by atoms with Gasteiger partial charge in [0, 0.05) is 62.8 Å². The Morgan fingerprint density at radius 1 is 0.486 bits per heavy atom. The third-order valence-corrected chi connectivity index (χ3v) is 6.62. The zero-order chi connectivity index (χ0) is 25.9. The second-order valence-corrected chi connectivity index (χ2v) is 9.39. The third-order valence-electron chi connectivity index (χ3n) is 6.62. The first-order valence-corrected chi connectivity index (χ1v) is 12.3. The molecule has 0 bridgehead atoms. The van der Waals surface area contributed by atoms with Crippen LogP contribution in [-0.4, -0.2) is 0 Å². The summed E-state index contributed by atoms with van der Waals surface area (Å²) >= 11 is 0. The van der Waals surface area contributed by atoms with Gasteiger partial charge in [0.15, 0.2) is 0 Å². The smallest absolute Gasteiger partial charge is 0.0460 e. The second kappa shape index (κ2) is 10.0. The summed E-state index contributed by atoms with van der Waals surface area (Å²) in [5.74, 6) is 0.222. The summed E-state index contributed by atoms with van der Waals surface area (Å²) in [5, 5.41) is 0. The van der Waals surface area contributed by atoms with Gasteiger partial charge >= 0.3 is 0 Å². The molecule has 0 saturated heterocycles. The minimum atomic E-state index is 0.222. The number of hydrogen-bond acceptors (Lipinski definition) is 6. The summed E-state index contributed by atoms with van der Waals surface area (Å²) in [7, 11) is 0. The zero-order valence-corrected chi connectivity index (χ0v) is 20.9. The molecular weight excluding hydrogens is 456 g/mol. The first kappa shape index (κ1) is 23.9. The van der Waals surface area contributed by atoms with E-state index in [0.29, 0.717) is 0 Å². The van der Waals surface area contributed by atoms with Crippen LogP contribution < -0.4 is 32.7 Å². The van der Waals surface area contributed by atoms with E-state index in [1.165, 1.54) is 11.4 Å². The van der Waals surface area contributed by atoms with Gasteiger partial charge in [0.2, 0.25) is 0 Å². The van der Waals surface area contributed by atoms with Crippen LogP contribution in [0.3, 0.4) is 0 Å². The van der Waals surface area contributed by atoms with Crippen molar-refractivity contribution in [2.45, 2.75) is 13.3 Å². The average molecular weight is 489 g/mol. The van der Waals surface area contributed by atoms with E-state index in [-0.39, 0.29) is 5.92 Å². The largest absolute Gasteiger partial charge is 0.399 e. The predicted octanol–water partition coefficient (Wildman–Crippen LogP) is 6.80. The van der Waals surface area contributed by atoms with Crippen molar-refractivity contribution in [2.75, 3.05) is 32.7 Å². The number of hydrogen-bond donors (Lipinski definition) is 4. The molecule has 0 aromatic heterocycles. The highest BCUT2D eigenvalue weighted by Gasteiger charge is 2.26. The molecule has 1 aliphatic carbocycles. The topological polar surface area (TPSA) is 111 Å². The van der Waals surface area contributed by atoms with Gasteiger partial charge in [-0.05, 0) is 116 Å². The van der Waals surface area contributed by atoms with Gasteiger partial charge in [-0.2, -0.15) is 0 Å². The normalized spacial score (nSPS) is 15.0. The van der Waals surface area contributed by atoms with Gasteiger partial charge in [-0.3, -0.25) is 0 Å². The third kappa shape index (κ3) is 5.09. The van der Waals surface area contributed by atoms with Gasteiger partial charge in [-0.15, -0.1) is 0 Å². The molecule has 8 N–H and O–H groups in total. The molecule has 0 heterocycles. The first-order valence-electron chi connectivity index (χ1n) is 12.3. The summed E-state index contributed by atoms with van der Waals surface area (Å²) in [6.45, 7) is 2.25. The fourth-order valence-corrected chi connectivity index (χ4v) is 4.71. The van der Waals surface area contributed by atoms with E-state index in [1.54, 1.807) is 0 Å². The summed E-state index contributed by atoms with van der Waals surface area (Å²) in [5.41, 5.74) is 33.4. The number of nitrogens with two attached hydrogens (primary N) is 4. The Kier molecular flexibility index (Phi) is 6.47. The van der Waals surface area contributed by atoms with Crippen molar-refractivity contribution < 1.29 is 0 Å². The molecule has 1 aliphatic rings. The number of nitrogens with zero attached hydrogens (tertiary/aromatic N) is 2. The molecule has 6 nitrogen and oxygen atoms in total. The Morgan fingerprint density at radius 2 is 0.811 bits per heavy atom. The molecule has 0 amide bonds. The lowest BCUT2D eigenvalue weighted by Crippen LogP contribution is -2.27. The Morgan fingerprint density at radius 3 is 1.14 bits per heavy atom. The van der Waals surface area contributed by atoms with E-state index in [9.17, 15) is 0 Å². The fourth-order valence-electron chi connectivity index (χ4n) is 4.71. The Bertz CT molecular complexity index is 1330. The molecule has 5 rings (SSSR count). The van der Waals surface area contributed by atoms with Crippen LogP contribution in [0.25, 0.3) is 0 Å². The Labute approximate surface area is 218 Å². The Balaban J connectivity index is 1.59. The van der Waals surface area contributed by atoms with Crippen molar-refractivity contribution in [1.29, 1.82) is 0 Å². The number of rotatable bonds is 6. The summed E-state index contributed by atoms with van der Waals surface area (Å²) in [4.78, 5) is 4.53. The van der Waals surface area contributed by atoms with Crippen molar-refractivity contribution in [1.82, 2.24) is 0 Å². The SMILES string of the molecule is CC1CC(N(c2ccc(N)cc2)c2ccc(N)cc2)=CC=C1N(c1ccc(N)cc1)c1ccc(N)cc1. The standard InChI is InChI=1S/C31H32N6/c1-21-20-30(36(26-10-2-22(32)3-11-26)27-12-4-23(33)5-13-27)18-19-31(21)37(28-14-6-24(34)7-15-28)29-16-8-25(35)9-17-29/h2-19,21H,20,32-35H2,1H3. The molecular formula is C31H32N6. The molecule has 4 aromatic carbocycles. The molecule has 6 heteroatoms. The van der Waals surface area contributed by atoms with Gasteiger partial charge < -0.3 is 32.7 Å². The molecule has 0 fully saturated rings. The number of anilines is 8. The maximum Gasteiger partial charge on any atom is 0.0460 e. The number of nitrogen functional groups attached to an aromatic ring is 4. The molecule has 0 radical (unpaired) electrons. The Hall–Kier alpha value is -4.84. The van der Waals surface area contributed by atoms with Gasteiger partial charge in [-0.1, -0.05) is 6.92 Å². The van der Waals surface area contributed by atoms with Gasteiger partial charge in [0.25, 0.3) is 0 Å². The average Bonchev–Trinajstić information content (AvgIpc) is 2.90. The van der Waals surface area contributed by atoms with Crippen LogP contribution in [0.15, 0.2) is 121 Å². The van der Waals surface area contributed by atoms with E-state index in [0.717, 1.165) is 51.9 Å². The highest BCUT2D eigenvalue weighted by Crippen LogP contribution is 2.41. The van der Waals surface area contributed by atoms with Crippen LogP contribution in [0.2, 0.25) is 0 Å². The lowest BCUT2D eigenvalue weighted by molar-refractivity contribution is 0.640. The molecule has 1 unspecified atom stereocenters. The fraction of sp³-hybridized carbons (Fsp3) is 0.0968. The van der Waals surface area contributed by atoms with E-state index in [2.05, 4.69) is 28.9 Å². The molecule has 0 saturated carbocycles. The maximum absolute atomic E-state index is 5.99.